The first kappa shape index (κ1) is 19.1. The Hall–Kier alpha value is -2.21. The summed E-state index contributed by atoms with van der Waals surface area (Å²) in [5.41, 5.74) is 0.605. The molecule has 0 N–H and O–H groups in total. The van der Waals surface area contributed by atoms with Crippen molar-refractivity contribution < 1.29 is 13.6 Å². The quantitative estimate of drug-likeness (QED) is 0.809. The minimum absolute atomic E-state index is 0.123. The van der Waals surface area contributed by atoms with Crippen LogP contribution in [0.4, 0.5) is 4.39 Å². The van der Waals surface area contributed by atoms with Crippen LogP contribution < -0.4 is 0 Å². The maximum Gasteiger partial charge on any atom is 0.225 e. The molecule has 2 aliphatic rings. The molecule has 0 bridgehead atoms. The van der Waals surface area contributed by atoms with E-state index in [9.17, 15) is 9.18 Å². The molecule has 1 amide bonds. The van der Waals surface area contributed by atoms with Gasteiger partial charge in [-0.15, -0.1) is 0 Å². The molecular formula is C22H28FN3O2. The van der Waals surface area contributed by atoms with Crippen molar-refractivity contribution in [2.45, 2.75) is 38.0 Å². The molecule has 3 heterocycles. The van der Waals surface area contributed by atoms with Crippen molar-refractivity contribution in [3.63, 3.8) is 0 Å². The fourth-order valence-corrected chi connectivity index (χ4v) is 4.32. The van der Waals surface area contributed by atoms with Crippen LogP contribution in [-0.4, -0.2) is 53.9 Å². The number of aromatic nitrogens is 1. The minimum atomic E-state index is -0.229. The number of rotatable bonds is 4. The predicted molar refractivity (Wildman–Crippen MR) is 104 cm³/mol. The van der Waals surface area contributed by atoms with Gasteiger partial charge in [0.2, 0.25) is 5.91 Å². The number of likely N-dealkylation sites (tertiary alicyclic amines) is 2. The summed E-state index contributed by atoms with van der Waals surface area (Å²) in [6.07, 6.45) is 5.92. The molecule has 2 aliphatic heterocycles. The van der Waals surface area contributed by atoms with E-state index in [4.69, 9.17) is 4.42 Å². The Bertz CT molecular complexity index is 814. The van der Waals surface area contributed by atoms with Crippen molar-refractivity contribution in [2.24, 2.45) is 5.92 Å². The fourth-order valence-electron chi connectivity index (χ4n) is 4.32. The second kappa shape index (κ2) is 8.43. The standard InChI is InChI=1S/C22H28FN3O2/c1-25-11-8-16(9-12-25)22(27)26-10-4-6-18(15-26)21-24-14-19(28-21)13-17-5-2-3-7-20(17)23/h2-3,5,7,14,16,18H,4,6,8-13,15H2,1H3. The Morgan fingerprint density at radius 2 is 2.00 bits per heavy atom. The van der Waals surface area contributed by atoms with E-state index < -0.39 is 0 Å². The molecule has 6 heteroatoms. The lowest BCUT2D eigenvalue weighted by atomic mass is 9.92. The highest BCUT2D eigenvalue weighted by Gasteiger charge is 2.32. The Kier molecular flexibility index (Phi) is 5.76. The molecule has 1 aromatic carbocycles. The summed E-state index contributed by atoms with van der Waals surface area (Å²) in [6, 6.07) is 6.73. The van der Waals surface area contributed by atoms with Gasteiger partial charge in [0.25, 0.3) is 0 Å². The summed E-state index contributed by atoms with van der Waals surface area (Å²) < 4.78 is 19.8. The largest absolute Gasteiger partial charge is 0.445 e. The van der Waals surface area contributed by atoms with E-state index in [-0.39, 0.29) is 23.6 Å². The lowest BCUT2D eigenvalue weighted by Crippen LogP contribution is -2.45. The summed E-state index contributed by atoms with van der Waals surface area (Å²) >= 11 is 0. The summed E-state index contributed by atoms with van der Waals surface area (Å²) in [6.45, 7) is 3.48. The molecular weight excluding hydrogens is 357 g/mol. The average Bonchev–Trinajstić information content (AvgIpc) is 3.19. The minimum Gasteiger partial charge on any atom is -0.445 e. The Morgan fingerprint density at radius 3 is 2.79 bits per heavy atom. The first-order valence-corrected chi connectivity index (χ1v) is 10.3. The third-order valence-corrected chi connectivity index (χ3v) is 6.04. The zero-order chi connectivity index (χ0) is 19.5. The van der Waals surface area contributed by atoms with Crippen molar-refractivity contribution in [1.82, 2.24) is 14.8 Å². The van der Waals surface area contributed by atoms with Crippen LogP contribution in [0.25, 0.3) is 0 Å². The van der Waals surface area contributed by atoms with E-state index >= 15 is 0 Å². The van der Waals surface area contributed by atoms with E-state index in [0.29, 0.717) is 30.2 Å². The van der Waals surface area contributed by atoms with Gasteiger partial charge in [0, 0.05) is 25.4 Å². The van der Waals surface area contributed by atoms with Crippen LogP contribution in [0.15, 0.2) is 34.9 Å². The van der Waals surface area contributed by atoms with Crippen molar-refractivity contribution in [3.05, 3.63) is 53.5 Å². The maximum absolute atomic E-state index is 13.9. The van der Waals surface area contributed by atoms with Gasteiger partial charge in [-0.2, -0.15) is 0 Å². The van der Waals surface area contributed by atoms with Crippen LogP contribution in [-0.2, 0) is 11.2 Å². The fraction of sp³-hybridized carbons (Fsp3) is 0.545. The second-order valence-electron chi connectivity index (χ2n) is 8.13. The van der Waals surface area contributed by atoms with Crippen molar-refractivity contribution >= 4 is 5.91 Å². The molecule has 0 radical (unpaired) electrons. The first-order valence-electron chi connectivity index (χ1n) is 10.3. The molecule has 1 atom stereocenters. The van der Waals surface area contributed by atoms with Gasteiger partial charge in [-0.3, -0.25) is 4.79 Å². The molecule has 28 heavy (non-hydrogen) atoms. The van der Waals surface area contributed by atoms with Gasteiger partial charge < -0.3 is 14.2 Å². The zero-order valence-electron chi connectivity index (χ0n) is 16.4. The molecule has 2 fully saturated rings. The zero-order valence-corrected chi connectivity index (χ0v) is 16.4. The molecule has 5 nitrogen and oxygen atoms in total. The molecule has 2 saturated heterocycles. The number of carbonyl (C=O) groups excluding carboxylic acids is 1. The van der Waals surface area contributed by atoms with Crippen LogP contribution in [0.3, 0.4) is 0 Å². The summed E-state index contributed by atoms with van der Waals surface area (Å²) in [7, 11) is 2.11. The number of hydrogen-bond acceptors (Lipinski definition) is 4. The molecule has 4 rings (SSSR count). The van der Waals surface area contributed by atoms with Crippen LogP contribution in [0.1, 0.15) is 48.8 Å². The first-order chi connectivity index (χ1) is 13.6. The number of carbonyl (C=O) groups is 1. The third-order valence-electron chi connectivity index (χ3n) is 6.04. The Balaban J connectivity index is 1.39. The van der Waals surface area contributed by atoms with Crippen molar-refractivity contribution in [1.29, 1.82) is 0 Å². The van der Waals surface area contributed by atoms with E-state index in [1.54, 1.807) is 18.3 Å². The van der Waals surface area contributed by atoms with Gasteiger partial charge in [0.15, 0.2) is 5.89 Å². The van der Waals surface area contributed by atoms with Crippen LogP contribution in [0.2, 0.25) is 0 Å². The predicted octanol–water partition coefficient (Wildman–Crippen LogP) is 3.45. The Labute approximate surface area is 165 Å². The summed E-state index contributed by atoms with van der Waals surface area (Å²) in [4.78, 5) is 21.7. The highest BCUT2D eigenvalue weighted by molar-refractivity contribution is 5.79. The van der Waals surface area contributed by atoms with Crippen LogP contribution in [0, 0.1) is 11.7 Å². The molecule has 0 saturated carbocycles. The van der Waals surface area contributed by atoms with Gasteiger partial charge >= 0.3 is 0 Å². The Morgan fingerprint density at radius 1 is 1.21 bits per heavy atom. The second-order valence-corrected chi connectivity index (χ2v) is 8.13. The van der Waals surface area contributed by atoms with Gasteiger partial charge in [-0.05, 0) is 57.5 Å². The van der Waals surface area contributed by atoms with Gasteiger partial charge in [0.05, 0.1) is 12.1 Å². The molecule has 150 valence electrons. The third kappa shape index (κ3) is 4.27. The number of piperidine rings is 2. The summed E-state index contributed by atoms with van der Waals surface area (Å²) in [5.74, 6) is 1.67. The lowest BCUT2D eigenvalue weighted by Gasteiger charge is -2.36. The maximum atomic E-state index is 13.9. The number of amides is 1. The van der Waals surface area contributed by atoms with Crippen molar-refractivity contribution in [3.8, 4) is 0 Å². The highest BCUT2D eigenvalue weighted by Crippen LogP contribution is 2.29. The average molecular weight is 385 g/mol. The number of benzene rings is 1. The molecule has 1 unspecified atom stereocenters. The SMILES string of the molecule is CN1CCC(C(=O)N2CCCC(c3ncc(Cc4ccccc4F)o3)C2)CC1. The van der Waals surface area contributed by atoms with Gasteiger partial charge in [0.1, 0.15) is 11.6 Å². The van der Waals surface area contributed by atoms with Gasteiger partial charge in [-0.1, -0.05) is 18.2 Å². The van der Waals surface area contributed by atoms with Crippen LogP contribution in [0.5, 0.6) is 0 Å². The lowest BCUT2D eigenvalue weighted by molar-refractivity contribution is -0.138. The topological polar surface area (TPSA) is 49.6 Å². The van der Waals surface area contributed by atoms with Gasteiger partial charge in [-0.25, -0.2) is 9.37 Å². The molecule has 0 aliphatic carbocycles. The number of oxazole rings is 1. The highest BCUT2D eigenvalue weighted by atomic mass is 19.1. The molecule has 0 spiro atoms. The number of halogens is 1. The monoisotopic (exact) mass is 385 g/mol. The van der Waals surface area contributed by atoms with E-state index in [2.05, 4.69) is 16.9 Å². The molecule has 2 aromatic rings. The number of hydrogen-bond donors (Lipinski definition) is 0. The van der Waals surface area contributed by atoms with E-state index in [1.165, 1.54) is 6.07 Å². The van der Waals surface area contributed by atoms with Crippen molar-refractivity contribution in [2.75, 3.05) is 33.2 Å². The van der Waals surface area contributed by atoms with E-state index in [1.807, 2.05) is 11.0 Å². The molecule has 1 aromatic heterocycles. The normalized spacial score (nSPS) is 21.8. The number of nitrogens with zero attached hydrogens (tertiary/aromatic N) is 3. The van der Waals surface area contributed by atoms with E-state index in [0.717, 1.165) is 45.3 Å². The smallest absolute Gasteiger partial charge is 0.225 e. The van der Waals surface area contributed by atoms with Crippen LogP contribution >= 0.6 is 0 Å². The summed E-state index contributed by atoms with van der Waals surface area (Å²) in [5, 5.41) is 0.